The zero-order valence-electron chi connectivity index (χ0n) is 21.9. The Morgan fingerprint density at radius 1 is 0.800 bits per heavy atom. The second-order valence-electron chi connectivity index (χ2n) is 8.66. The molecular weight excluding hydrogens is 506 g/mol. The summed E-state index contributed by atoms with van der Waals surface area (Å²) in [6, 6.07) is 32.4. The molecule has 0 saturated heterocycles. The van der Waals surface area contributed by atoms with Gasteiger partial charge in [0.1, 0.15) is 0 Å². The molecule has 0 fully saturated rings. The van der Waals surface area contributed by atoms with Gasteiger partial charge in [0.15, 0.2) is 11.5 Å². The highest BCUT2D eigenvalue weighted by atomic mass is 16.6. The van der Waals surface area contributed by atoms with E-state index in [1.54, 1.807) is 42.5 Å². The summed E-state index contributed by atoms with van der Waals surface area (Å²) in [6.45, 7) is 1.93. The lowest BCUT2D eigenvalue weighted by atomic mass is 9.90. The number of amides is 2. The van der Waals surface area contributed by atoms with Gasteiger partial charge in [0.2, 0.25) is 5.91 Å². The zero-order chi connectivity index (χ0) is 28.2. The van der Waals surface area contributed by atoms with E-state index in [0.29, 0.717) is 23.5 Å². The SMILES string of the molecule is CCOc1cc(/C=N/NC(=O)CNC(=O)C(c2ccccc2)c2ccccc2)ccc1OC(=O)c1ccccc1. The fourth-order valence-corrected chi connectivity index (χ4v) is 3.96. The largest absolute Gasteiger partial charge is 0.490 e. The summed E-state index contributed by atoms with van der Waals surface area (Å²) in [6.07, 6.45) is 1.43. The highest BCUT2D eigenvalue weighted by Gasteiger charge is 2.22. The number of rotatable bonds is 11. The summed E-state index contributed by atoms with van der Waals surface area (Å²) in [5.74, 6) is -1.20. The Labute approximate surface area is 232 Å². The third-order valence-corrected chi connectivity index (χ3v) is 5.83. The Hall–Kier alpha value is -5.24. The normalized spacial score (nSPS) is 10.8. The Morgan fingerprint density at radius 2 is 1.40 bits per heavy atom. The topological polar surface area (TPSA) is 106 Å². The van der Waals surface area contributed by atoms with E-state index in [1.165, 1.54) is 6.21 Å². The van der Waals surface area contributed by atoms with Crippen LogP contribution in [0.3, 0.4) is 0 Å². The second kappa shape index (κ2) is 14.1. The van der Waals surface area contributed by atoms with Crippen molar-refractivity contribution in [1.82, 2.24) is 10.7 Å². The number of esters is 1. The van der Waals surface area contributed by atoms with Crippen LogP contribution in [0.5, 0.6) is 11.5 Å². The number of nitrogens with one attached hydrogen (secondary N) is 2. The number of hydrogen-bond acceptors (Lipinski definition) is 6. The first-order valence-electron chi connectivity index (χ1n) is 12.8. The molecule has 0 saturated carbocycles. The van der Waals surface area contributed by atoms with Gasteiger partial charge < -0.3 is 14.8 Å². The van der Waals surface area contributed by atoms with Crippen LogP contribution in [0.25, 0.3) is 0 Å². The quantitative estimate of drug-likeness (QED) is 0.125. The lowest BCUT2D eigenvalue weighted by Crippen LogP contribution is -2.37. The third-order valence-electron chi connectivity index (χ3n) is 5.83. The maximum absolute atomic E-state index is 13.1. The number of hydrogen-bond donors (Lipinski definition) is 2. The summed E-state index contributed by atoms with van der Waals surface area (Å²) in [5.41, 5.74) is 5.10. The van der Waals surface area contributed by atoms with Gasteiger partial charge in [0, 0.05) is 0 Å². The Morgan fingerprint density at radius 3 is 2.00 bits per heavy atom. The molecule has 4 rings (SSSR count). The molecule has 40 heavy (non-hydrogen) atoms. The van der Waals surface area contributed by atoms with Gasteiger partial charge in [0.05, 0.1) is 30.8 Å². The predicted molar refractivity (Wildman–Crippen MR) is 152 cm³/mol. The van der Waals surface area contributed by atoms with Gasteiger partial charge in [-0.2, -0.15) is 5.10 Å². The van der Waals surface area contributed by atoms with E-state index >= 15 is 0 Å². The smallest absolute Gasteiger partial charge is 0.343 e. The molecule has 202 valence electrons. The van der Waals surface area contributed by atoms with Gasteiger partial charge in [-0.15, -0.1) is 0 Å². The highest BCUT2D eigenvalue weighted by molar-refractivity contribution is 5.92. The number of hydrazone groups is 1. The molecule has 2 amide bonds. The molecule has 8 nitrogen and oxygen atoms in total. The van der Waals surface area contributed by atoms with Crippen molar-refractivity contribution in [3.63, 3.8) is 0 Å². The van der Waals surface area contributed by atoms with Crippen molar-refractivity contribution in [1.29, 1.82) is 0 Å². The fourth-order valence-electron chi connectivity index (χ4n) is 3.96. The van der Waals surface area contributed by atoms with Crippen LogP contribution in [0.15, 0.2) is 114 Å². The first kappa shape index (κ1) is 27.8. The molecule has 0 heterocycles. The molecule has 4 aromatic carbocycles. The number of nitrogens with zero attached hydrogens (tertiary/aromatic N) is 1. The van der Waals surface area contributed by atoms with Crippen LogP contribution < -0.4 is 20.2 Å². The average molecular weight is 536 g/mol. The van der Waals surface area contributed by atoms with E-state index in [9.17, 15) is 14.4 Å². The maximum Gasteiger partial charge on any atom is 0.343 e. The van der Waals surface area contributed by atoms with Crippen molar-refractivity contribution >= 4 is 24.0 Å². The minimum atomic E-state index is -0.551. The minimum Gasteiger partial charge on any atom is -0.490 e. The maximum atomic E-state index is 13.1. The lowest BCUT2D eigenvalue weighted by Gasteiger charge is -2.17. The molecule has 0 aliphatic heterocycles. The molecule has 0 radical (unpaired) electrons. The van der Waals surface area contributed by atoms with Crippen molar-refractivity contribution in [2.45, 2.75) is 12.8 Å². The molecule has 0 bridgehead atoms. The monoisotopic (exact) mass is 535 g/mol. The van der Waals surface area contributed by atoms with Crippen LogP contribution in [0.2, 0.25) is 0 Å². The summed E-state index contributed by atoms with van der Waals surface area (Å²) >= 11 is 0. The standard InChI is InChI=1S/C32H29N3O5/c1-2-39-28-20-23(18-19-27(28)40-32(38)26-16-10-5-11-17-26)21-34-35-29(36)22-33-31(37)30(24-12-6-3-7-13-24)25-14-8-4-9-15-25/h3-21,30H,2,22H2,1H3,(H,33,37)(H,35,36)/b34-21+. The lowest BCUT2D eigenvalue weighted by molar-refractivity contribution is -0.126. The summed E-state index contributed by atoms with van der Waals surface area (Å²) in [5, 5.41) is 6.68. The average Bonchev–Trinajstić information content (AvgIpc) is 2.99. The van der Waals surface area contributed by atoms with Crippen molar-refractivity contribution < 1.29 is 23.9 Å². The van der Waals surface area contributed by atoms with Crippen molar-refractivity contribution in [2.75, 3.05) is 13.2 Å². The van der Waals surface area contributed by atoms with E-state index in [4.69, 9.17) is 9.47 Å². The molecular formula is C32H29N3O5. The third kappa shape index (κ3) is 7.64. The minimum absolute atomic E-state index is 0.245. The molecule has 4 aromatic rings. The van der Waals surface area contributed by atoms with Crippen LogP contribution in [-0.2, 0) is 9.59 Å². The number of ether oxygens (including phenoxy) is 2. The van der Waals surface area contributed by atoms with Crippen molar-refractivity contribution in [3.8, 4) is 11.5 Å². The molecule has 0 spiro atoms. The highest BCUT2D eigenvalue weighted by Crippen LogP contribution is 2.29. The van der Waals surface area contributed by atoms with Crippen molar-refractivity contribution in [2.24, 2.45) is 5.10 Å². The second-order valence-corrected chi connectivity index (χ2v) is 8.66. The Kier molecular flexibility index (Phi) is 9.77. The van der Waals surface area contributed by atoms with Crippen LogP contribution in [0.1, 0.15) is 39.9 Å². The summed E-state index contributed by atoms with van der Waals surface area (Å²) < 4.78 is 11.1. The number of carbonyl (C=O) groups is 3. The zero-order valence-corrected chi connectivity index (χ0v) is 21.9. The van der Waals surface area contributed by atoms with Gasteiger partial charge in [-0.05, 0) is 53.9 Å². The van der Waals surface area contributed by atoms with E-state index < -0.39 is 17.8 Å². The predicted octanol–water partition coefficient (Wildman–Crippen LogP) is 4.70. The van der Waals surface area contributed by atoms with E-state index in [2.05, 4.69) is 15.8 Å². The number of carbonyl (C=O) groups excluding carboxylic acids is 3. The molecule has 2 N–H and O–H groups in total. The van der Waals surface area contributed by atoms with Gasteiger partial charge >= 0.3 is 5.97 Å². The Bertz CT molecular complexity index is 1420. The molecule has 0 aromatic heterocycles. The van der Waals surface area contributed by atoms with Crippen LogP contribution in [-0.4, -0.2) is 37.1 Å². The fraction of sp³-hybridized carbons (Fsp3) is 0.125. The van der Waals surface area contributed by atoms with E-state index in [-0.39, 0.29) is 18.2 Å². The van der Waals surface area contributed by atoms with Crippen molar-refractivity contribution in [3.05, 3.63) is 131 Å². The first-order valence-corrected chi connectivity index (χ1v) is 12.8. The molecule has 0 atom stereocenters. The van der Waals surface area contributed by atoms with Crippen LogP contribution in [0, 0.1) is 0 Å². The van der Waals surface area contributed by atoms with Gasteiger partial charge in [-0.3, -0.25) is 9.59 Å². The molecule has 0 aliphatic carbocycles. The Balaban J connectivity index is 1.35. The summed E-state index contributed by atoms with van der Waals surface area (Å²) in [4.78, 5) is 37.9. The molecule has 0 unspecified atom stereocenters. The van der Waals surface area contributed by atoms with Gasteiger partial charge in [-0.1, -0.05) is 78.9 Å². The molecule has 0 aliphatic rings. The summed E-state index contributed by atoms with van der Waals surface area (Å²) in [7, 11) is 0. The van der Waals surface area contributed by atoms with Crippen LogP contribution >= 0.6 is 0 Å². The van der Waals surface area contributed by atoms with Crippen LogP contribution in [0.4, 0.5) is 0 Å². The molecule has 8 heteroatoms. The van der Waals surface area contributed by atoms with E-state index in [0.717, 1.165) is 11.1 Å². The van der Waals surface area contributed by atoms with Gasteiger partial charge in [0.25, 0.3) is 5.91 Å². The number of benzene rings is 4. The van der Waals surface area contributed by atoms with E-state index in [1.807, 2.05) is 73.7 Å². The van der Waals surface area contributed by atoms with Gasteiger partial charge in [-0.25, -0.2) is 10.2 Å². The first-order chi connectivity index (χ1) is 19.5.